The lowest BCUT2D eigenvalue weighted by Gasteiger charge is -2.34. The minimum atomic E-state index is -3.46. The molecule has 4 heterocycles. The van der Waals surface area contributed by atoms with Crippen molar-refractivity contribution in [2.45, 2.75) is 39.7 Å². The molecule has 10 heteroatoms. The normalized spacial score (nSPS) is 21.1. The van der Waals surface area contributed by atoms with Crippen LogP contribution in [0.15, 0.2) is 18.2 Å². The molecule has 1 unspecified atom stereocenters. The highest BCUT2D eigenvalue weighted by Crippen LogP contribution is 2.28. The first kappa shape index (κ1) is 21.1. The fourth-order valence-electron chi connectivity index (χ4n) is 3.94. The van der Waals surface area contributed by atoms with Gasteiger partial charge in [-0.1, -0.05) is 0 Å². The lowest BCUT2D eigenvalue weighted by Crippen LogP contribution is -2.48. The molecule has 9 nitrogen and oxygen atoms in total. The van der Waals surface area contributed by atoms with Crippen LogP contribution in [0.2, 0.25) is 0 Å². The van der Waals surface area contributed by atoms with Crippen LogP contribution in [0.3, 0.4) is 0 Å². The number of nitrogens with one attached hydrogen (secondary N) is 1. The van der Waals surface area contributed by atoms with E-state index in [9.17, 15) is 8.42 Å². The Balaban J connectivity index is 1.54. The first-order valence-electron chi connectivity index (χ1n) is 10.3. The Bertz CT molecular complexity index is 1000. The van der Waals surface area contributed by atoms with Crippen LogP contribution in [-0.4, -0.2) is 64.8 Å². The topological polar surface area (TPSA) is 101 Å². The molecule has 2 aliphatic heterocycles. The van der Waals surface area contributed by atoms with Crippen molar-refractivity contribution in [3.63, 3.8) is 0 Å². The highest BCUT2D eigenvalue weighted by molar-refractivity contribution is 7.86. The molecule has 2 aliphatic rings. The lowest BCUT2D eigenvalue weighted by molar-refractivity contribution is -0.00649. The molecule has 30 heavy (non-hydrogen) atoms. The molecule has 0 aromatic carbocycles. The van der Waals surface area contributed by atoms with Crippen molar-refractivity contribution in [3.8, 4) is 0 Å². The molecule has 0 amide bonds. The van der Waals surface area contributed by atoms with Gasteiger partial charge in [-0.2, -0.15) is 17.0 Å². The van der Waals surface area contributed by atoms with Crippen molar-refractivity contribution < 1.29 is 13.2 Å². The molecule has 0 aliphatic carbocycles. The van der Waals surface area contributed by atoms with Crippen LogP contribution < -0.4 is 5.32 Å². The Morgan fingerprint density at radius 1 is 0.933 bits per heavy atom. The van der Waals surface area contributed by atoms with Gasteiger partial charge in [-0.05, 0) is 51.8 Å². The smallest absolute Gasteiger partial charge is 0.282 e. The van der Waals surface area contributed by atoms with Crippen LogP contribution in [-0.2, 0) is 14.9 Å². The molecule has 162 valence electrons. The second-order valence-electron chi connectivity index (χ2n) is 7.85. The molecule has 0 bridgehead atoms. The Morgan fingerprint density at radius 3 is 2.30 bits per heavy atom. The first-order valence-corrected chi connectivity index (χ1v) is 11.7. The quantitative estimate of drug-likeness (QED) is 0.773. The average Bonchev–Trinajstić information content (AvgIpc) is 3.22. The van der Waals surface area contributed by atoms with Crippen molar-refractivity contribution in [1.29, 1.82) is 0 Å². The number of aromatic nitrogens is 3. The van der Waals surface area contributed by atoms with E-state index in [0.717, 1.165) is 35.6 Å². The van der Waals surface area contributed by atoms with Crippen LogP contribution in [0.25, 0.3) is 0 Å². The summed E-state index contributed by atoms with van der Waals surface area (Å²) in [5, 5.41) is 3.23. The number of anilines is 2. The van der Waals surface area contributed by atoms with E-state index in [0.29, 0.717) is 37.9 Å². The summed E-state index contributed by atoms with van der Waals surface area (Å²) < 4.78 is 34.9. The summed E-state index contributed by atoms with van der Waals surface area (Å²) in [4.78, 5) is 13.5. The number of morpholine rings is 1. The predicted molar refractivity (Wildman–Crippen MR) is 114 cm³/mol. The third kappa shape index (κ3) is 4.61. The number of ether oxygens (including phenoxy) is 1. The van der Waals surface area contributed by atoms with E-state index < -0.39 is 16.3 Å². The second kappa shape index (κ2) is 8.54. The minimum Gasteiger partial charge on any atom is -0.369 e. The summed E-state index contributed by atoms with van der Waals surface area (Å²) in [5.74, 6) is 0.520. The fraction of sp³-hybridized carbons (Fsp3) is 0.550. The number of hydrogen-bond donors (Lipinski definition) is 1. The van der Waals surface area contributed by atoms with E-state index in [2.05, 4.69) is 20.3 Å². The predicted octanol–water partition coefficient (Wildman–Crippen LogP) is 2.25. The van der Waals surface area contributed by atoms with E-state index in [1.165, 1.54) is 4.31 Å². The van der Waals surface area contributed by atoms with Gasteiger partial charge in [-0.25, -0.2) is 9.97 Å². The highest BCUT2D eigenvalue weighted by Gasteiger charge is 2.36. The van der Waals surface area contributed by atoms with Gasteiger partial charge in [0.1, 0.15) is 6.10 Å². The summed E-state index contributed by atoms with van der Waals surface area (Å²) >= 11 is 0. The largest absolute Gasteiger partial charge is 0.369 e. The fourth-order valence-corrected chi connectivity index (χ4v) is 5.61. The highest BCUT2D eigenvalue weighted by atomic mass is 32.2. The summed E-state index contributed by atoms with van der Waals surface area (Å²) in [5.41, 5.74) is 4.07. The van der Waals surface area contributed by atoms with Crippen molar-refractivity contribution >= 4 is 21.8 Å². The summed E-state index contributed by atoms with van der Waals surface area (Å²) in [6, 6.07) is 5.70. The van der Waals surface area contributed by atoms with Crippen LogP contribution >= 0.6 is 0 Å². The first-order chi connectivity index (χ1) is 14.3. The van der Waals surface area contributed by atoms with Gasteiger partial charge in [0.15, 0.2) is 0 Å². The zero-order valence-electron chi connectivity index (χ0n) is 17.6. The van der Waals surface area contributed by atoms with E-state index in [4.69, 9.17) is 4.74 Å². The van der Waals surface area contributed by atoms with Gasteiger partial charge in [0.05, 0.1) is 12.3 Å². The number of hydrogen-bond acceptors (Lipinski definition) is 7. The minimum absolute atomic E-state index is 0.259. The van der Waals surface area contributed by atoms with Crippen molar-refractivity contribution in [1.82, 2.24) is 23.6 Å². The molecule has 1 atom stereocenters. The Kier molecular flexibility index (Phi) is 6.01. The standard InChI is InChI=1S/C20H28N6O3S/c1-14-10-15(2)23-20(22-14)24-17-11-16(3)21-18(12-17)19-13-26(8-9-29-19)30(27,28)25-6-4-5-7-25/h10-12,19H,4-9,13H2,1-3H3,(H,21,22,23,24). The molecular formula is C20H28N6O3S. The van der Waals surface area contributed by atoms with Crippen molar-refractivity contribution in [2.24, 2.45) is 0 Å². The number of aryl methyl sites for hydroxylation is 3. The maximum atomic E-state index is 13.0. The van der Waals surface area contributed by atoms with Gasteiger partial charge in [0.25, 0.3) is 10.2 Å². The van der Waals surface area contributed by atoms with Crippen LogP contribution in [0.1, 0.15) is 41.7 Å². The van der Waals surface area contributed by atoms with Gasteiger partial charge in [-0.15, -0.1) is 0 Å². The molecule has 2 fully saturated rings. The van der Waals surface area contributed by atoms with Crippen molar-refractivity contribution in [2.75, 3.05) is 38.1 Å². The monoisotopic (exact) mass is 432 g/mol. The third-order valence-corrected chi connectivity index (χ3v) is 7.29. The molecule has 0 radical (unpaired) electrons. The Hall–Kier alpha value is -2.14. The summed E-state index contributed by atoms with van der Waals surface area (Å²) in [7, 11) is -3.46. The summed E-state index contributed by atoms with van der Waals surface area (Å²) in [6.45, 7) is 7.91. The van der Waals surface area contributed by atoms with Crippen LogP contribution in [0.4, 0.5) is 11.6 Å². The second-order valence-corrected chi connectivity index (χ2v) is 9.78. The van der Waals surface area contributed by atoms with Gasteiger partial charge in [-0.3, -0.25) is 4.98 Å². The molecule has 2 aromatic heterocycles. The maximum absolute atomic E-state index is 13.0. The lowest BCUT2D eigenvalue weighted by atomic mass is 10.1. The third-order valence-electron chi connectivity index (χ3n) is 5.29. The molecule has 4 rings (SSSR count). The maximum Gasteiger partial charge on any atom is 0.282 e. The van der Waals surface area contributed by atoms with Gasteiger partial charge in [0, 0.05) is 48.9 Å². The Morgan fingerprint density at radius 2 is 1.60 bits per heavy atom. The zero-order valence-corrected chi connectivity index (χ0v) is 18.4. The number of pyridine rings is 1. The Labute approximate surface area is 177 Å². The van der Waals surface area contributed by atoms with E-state index in [-0.39, 0.29) is 6.54 Å². The molecule has 2 aromatic rings. The summed E-state index contributed by atoms with van der Waals surface area (Å²) in [6.07, 6.45) is 1.42. The number of nitrogens with zero attached hydrogens (tertiary/aromatic N) is 5. The van der Waals surface area contributed by atoms with E-state index in [1.54, 1.807) is 4.31 Å². The average molecular weight is 433 g/mol. The number of rotatable bonds is 5. The van der Waals surface area contributed by atoms with E-state index >= 15 is 0 Å². The van der Waals surface area contributed by atoms with Crippen LogP contribution in [0, 0.1) is 20.8 Å². The molecule has 1 N–H and O–H groups in total. The van der Waals surface area contributed by atoms with Gasteiger partial charge >= 0.3 is 0 Å². The molecular weight excluding hydrogens is 404 g/mol. The molecule has 0 saturated carbocycles. The molecule has 2 saturated heterocycles. The molecule has 0 spiro atoms. The van der Waals surface area contributed by atoms with Crippen molar-refractivity contribution in [3.05, 3.63) is 41.0 Å². The van der Waals surface area contributed by atoms with E-state index in [1.807, 2.05) is 39.0 Å². The van der Waals surface area contributed by atoms with Gasteiger partial charge < -0.3 is 10.1 Å². The zero-order chi connectivity index (χ0) is 21.3. The van der Waals surface area contributed by atoms with Crippen LogP contribution in [0.5, 0.6) is 0 Å². The SMILES string of the molecule is Cc1cc(Nc2nc(C)cc(C)n2)cc(C2CN(S(=O)(=O)N3CCCC3)CCO2)n1. The van der Waals surface area contributed by atoms with Gasteiger partial charge in [0.2, 0.25) is 5.95 Å².